The molecule has 142 valence electrons. The number of pyridine rings is 1. The van der Waals surface area contributed by atoms with E-state index in [0.717, 1.165) is 46.1 Å². The fourth-order valence-electron chi connectivity index (χ4n) is 3.85. The highest BCUT2D eigenvalue weighted by atomic mass is 16.6. The van der Waals surface area contributed by atoms with Crippen LogP contribution in [-0.2, 0) is 4.74 Å². The molecule has 1 fully saturated rings. The summed E-state index contributed by atoms with van der Waals surface area (Å²) in [5.41, 5.74) is 8.76. The lowest BCUT2D eigenvalue weighted by Gasteiger charge is -2.17. The minimum atomic E-state index is -0.0697. The van der Waals surface area contributed by atoms with Gasteiger partial charge < -0.3 is 19.8 Å². The Morgan fingerprint density at radius 2 is 2.11 bits per heavy atom. The third-order valence-corrected chi connectivity index (χ3v) is 5.34. The first-order valence-corrected chi connectivity index (χ1v) is 9.40. The molecule has 0 bridgehead atoms. The quantitative estimate of drug-likeness (QED) is 0.586. The van der Waals surface area contributed by atoms with Crippen LogP contribution in [0.5, 0.6) is 5.75 Å². The minimum Gasteiger partial charge on any atom is -0.491 e. The topological polar surface area (TPSA) is 88.1 Å². The number of anilines is 1. The van der Waals surface area contributed by atoms with E-state index in [-0.39, 0.29) is 12.3 Å². The average molecular weight is 375 g/mol. The SMILES string of the molecule is Cc1c(OC[C@@H]2CC[C@H](n3ccc4c(N)ncnc43)O2)ccc2cccnc12. The highest BCUT2D eigenvalue weighted by Crippen LogP contribution is 2.33. The van der Waals surface area contributed by atoms with Crippen molar-refractivity contribution in [2.24, 2.45) is 0 Å². The number of hydrogen-bond donors (Lipinski definition) is 1. The summed E-state index contributed by atoms with van der Waals surface area (Å²) in [5.74, 6) is 1.34. The number of aryl methyl sites for hydroxylation is 1. The van der Waals surface area contributed by atoms with E-state index in [0.29, 0.717) is 12.4 Å². The summed E-state index contributed by atoms with van der Waals surface area (Å²) in [7, 11) is 0. The molecule has 5 rings (SSSR count). The summed E-state index contributed by atoms with van der Waals surface area (Å²) >= 11 is 0. The number of nitrogens with two attached hydrogens (primary N) is 1. The molecule has 0 amide bonds. The van der Waals surface area contributed by atoms with Crippen LogP contribution in [0.4, 0.5) is 5.82 Å². The van der Waals surface area contributed by atoms with Gasteiger partial charge in [-0.25, -0.2) is 9.97 Å². The minimum absolute atomic E-state index is 0.0282. The lowest BCUT2D eigenvalue weighted by atomic mass is 10.1. The lowest BCUT2D eigenvalue weighted by molar-refractivity contribution is -0.0156. The lowest BCUT2D eigenvalue weighted by Crippen LogP contribution is -2.18. The van der Waals surface area contributed by atoms with Crippen LogP contribution in [0.2, 0.25) is 0 Å². The Kier molecular flexibility index (Phi) is 4.09. The molecular formula is C21H21N5O2. The van der Waals surface area contributed by atoms with E-state index in [4.69, 9.17) is 15.2 Å². The Bertz CT molecular complexity index is 1160. The summed E-state index contributed by atoms with van der Waals surface area (Å²) in [5, 5.41) is 1.97. The molecule has 4 heterocycles. The van der Waals surface area contributed by atoms with Gasteiger partial charge in [0, 0.05) is 23.3 Å². The maximum atomic E-state index is 6.22. The second-order valence-corrected chi connectivity index (χ2v) is 7.08. The van der Waals surface area contributed by atoms with Gasteiger partial charge in [0.2, 0.25) is 0 Å². The molecule has 3 aromatic heterocycles. The van der Waals surface area contributed by atoms with E-state index >= 15 is 0 Å². The molecule has 0 aliphatic carbocycles. The first-order chi connectivity index (χ1) is 13.7. The Hall–Kier alpha value is -3.19. The summed E-state index contributed by atoms with van der Waals surface area (Å²) in [4.78, 5) is 12.9. The molecule has 0 spiro atoms. The van der Waals surface area contributed by atoms with Crippen molar-refractivity contribution in [3.8, 4) is 5.75 Å². The third kappa shape index (κ3) is 2.84. The van der Waals surface area contributed by atoms with Crippen LogP contribution < -0.4 is 10.5 Å². The molecule has 0 saturated carbocycles. The van der Waals surface area contributed by atoms with E-state index < -0.39 is 0 Å². The number of aromatic nitrogens is 4. The number of nitrogens with zero attached hydrogens (tertiary/aromatic N) is 4. The summed E-state index contributed by atoms with van der Waals surface area (Å²) in [6.07, 6.45) is 7.04. The summed E-state index contributed by atoms with van der Waals surface area (Å²) < 4.78 is 14.3. The summed E-state index contributed by atoms with van der Waals surface area (Å²) in [6, 6.07) is 9.98. The fourth-order valence-corrected chi connectivity index (χ4v) is 3.85. The van der Waals surface area contributed by atoms with Crippen LogP contribution >= 0.6 is 0 Å². The Morgan fingerprint density at radius 3 is 3.04 bits per heavy atom. The van der Waals surface area contributed by atoms with Crippen molar-refractivity contribution in [3.63, 3.8) is 0 Å². The largest absolute Gasteiger partial charge is 0.491 e. The van der Waals surface area contributed by atoms with Crippen molar-refractivity contribution in [1.82, 2.24) is 19.5 Å². The van der Waals surface area contributed by atoms with Crippen molar-refractivity contribution < 1.29 is 9.47 Å². The molecule has 1 aliphatic heterocycles. The van der Waals surface area contributed by atoms with Crippen LogP contribution in [0.3, 0.4) is 0 Å². The number of benzene rings is 1. The average Bonchev–Trinajstić information content (AvgIpc) is 3.35. The van der Waals surface area contributed by atoms with Crippen molar-refractivity contribution in [1.29, 1.82) is 0 Å². The molecule has 2 N–H and O–H groups in total. The predicted molar refractivity (Wildman–Crippen MR) is 107 cm³/mol. The zero-order valence-electron chi connectivity index (χ0n) is 15.6. The normalized spacial score (nSPS) is 19.5. The standard InChI is InChI=1S/C21H21N5O2/c1-13-17(6-4-14-3-2-9-23-19(13)14)27-11-15-5-7-18(28-15)26-10-8-16-20(22)24-12-25-21(16)26/h2-4,6,8-10,12,15,18H,5,7,11H2,1H3,(H2,22,24,25)/t15-,18+/m0/s1. The number of hydrogen-bond acceptors (Lipinski definition) is 6. The van der Waals surface area contributed by atoms with Gasteiger partial charge in [0.1, 0.15) is 36.4 Å². The van der Waals surface area contributed by atoms with Gasteiger partial charge in [0.05, 0.1) is 17.0 Å². The van der Waals surface area contributed by atoms with Gasteiger partial charge >= 0.3 is 0 Å². The van der Waals surface area contributed by atoms with Crippen molar-refractivity contribution in [2.45, 2.75) is 32.1 Å². The van der Waals surface area contributed by atoms with Gasteiger partial charge in [-0.1, -0.05) is 6.07 Å². The molecule has 7 nitrogen and oxygen atoms in total. The second kappa shape index (κ2) is 6.76. The van der Waals surface area contributed by atoms with Crippen molar-refractivity contribution in [3.05, 3.63) is 54.6 Å². The molecule has 7 heteroatoms. The van der Waals surface area contributed by atoms with Gasteiger partial charge in [-0.2, -0.15) is 0 Å². The van der Waals surface area contributed by atoms with Crippen molar-refractivity contribution in [2.75, 3.05) is 12.3 Å². The maximum absolute atomic E-state index is 6.22. The van der Waals surface area contributed by atoms with Crippen LogP contribution in [0.15, 0.2) is 49.1 Å². The molecule has 1 saturated heterocycles. The fraction of sp³-hybridized carbons (Fsp3) is 0.286. The van der Waals surface area contributed by atoms with Crippen molar-refractivity contribution >= 4 is 27.8 Å². The predicted octanol–water partition coefficient (Wildman–Crippen LogP) is 3.63. The smallest absolute Gasteiger partial charge is 0.147 e. The second-order valence-electron chi connectivity index (χ2n) is 7.08. The molecule has 28 heavy (non-hydrogen) atoms. The van der Waals surface area contributed by atoms with Gasteiger partial charge in [-0.3, -0.25) is 4.98 Å². The van der Waals surface area contributed by atoms with Gasteiger partial charge in [0.25, 0.3) is 0 Å². The third-order valence-electron chi connectivity index (χ3n) is 5.34. The molecule has 1 aliphatic rings. The van der Waals surface area contributed by atoms with Gasteiger partial charge in [-0.15, -0.1) is 0 Å². The molecule has 0 radical (unpaired) electrons. The number of rotatable bonds is 4. The van der Waals surface area contributed by atoms with Gasteiger partial charge in [0.15, 0.2) is 0 Å². The van der Waals surface area contributed by atoms with Crippen LogP contribution in [-0.4, -0.2) is 32.2 Å². The van der Waals surface area contributed by atoms with Crippen LogP contribution in [0, 0.1) is 6.92 Å². The first-order valence-electron chi connectivity index (χ1n) is 9.40. The van der Waals surface area contributed by atoms with E-state index in [1.807, 2.05) is 48.1 Å². The Balaban J connectivity index is 1.29. The van der Waals surface area contributed by atoms with Crippen LogP contribution in [0.25, 0.3) is 21.9 Å². The van der Waals surface area contributed by atoms with E-state index in [2.05, 4.69) is 21.0 Å². The summed E-state index contributed by atoms with van der Waals surface area (Å²) in [6.45, 7) is 2.55. The molecule has 2 atom stereocenters. The highest BCUT2D eigenvalue weighted by Gasteiger charge is 2.28. The van der Waals surface area contributed by atoms with E-state index in [1.54, 1.807) is 0 Å². The van der Waals surface area contributed by atoms with Crippen LogP contribution in [0.1, 0.15) is 24.6 Å². The number of nitrogen functional groups attached to an aromatic ring is 1. The number of ether oxygens (including phenoxy) is 2. The monoisotopic (exact) mass is 375 g/mol. The molecule has 0 unspecified atom stereocenters. The Labute approximate surface area is 162 Å². The Morgan fingerprint density at radius 1 is 1.18 bits per heavy atom. The van der Waals surface area contributed by atoms with E-state index in [9.17, 15) is 0 Å². The first kappa shape index (κ1) is 16.9. The molecule has 4 aromatic rings. The number of fused-ring (bicyclic) bond motifs is 2. The zero-order valence-corrected chi connectivity index (χ0v) is 15.6. The zero-order chi connectivity index (χ0) is 19.1. The maximum Gasteiger partial charge on any atom is 0.147 e. The van der Waals surface area contributed by atoms with E-state index in [1.165, 1.54) is 6.33 Å². The highest BCUT2D eigenvalue weighted by molar-refractivity contribution is 5.86. The molecule has 1 aromatic carbocycles. The van der Waals surface area contributed by atoms with Gasteiger partial charge in [-0.05, 0) is 44.0 Å². The molecular weight excluding hydrogens is 354 g/mol.